The van der Waals surface area contributed by atoms with Crippen LogP contribution in [0.5, 0.6) is 0 Å². The first-order valence-electron chi connectivity index (χ1n) is 12.0. The average molecular weight is 488 g/mol. The molecule has 2 aromatic carbocycles. The van der Waals surface area contributed by atoms with Crippen molar-refractivity contribution in [3.63, 3.8) is 0 Å². The number of amides is 2. The van der Waals surface area contributed by atoms with Crippen LogP contribution >= 0.6 is 0 Å². The van der Waals surface area contributed by atoms with Crippen LogP contribution in [-0.4, -0.2) is 27.8 Å². The first kappa shape index (κ1) is 25.0. The maximum Gasteiger partial charge on any atom is 0.287 e. The number of halogens is 1. The van der Waals surface area contributed by atoms with Crippen molar-refractivity contribution in [1.29, 1.82) is 0 Å². The zero-order valence-corrected chi connectivity index (χ0v) is 20.5. The Bertz CT molecular complexity index is 1310. The molecule has 4 rings (SSSR count). The molecule has 0 saturated heterocycles. The molecule has 6 nitrogen and oxygen atoms in total. The lowest BCUT2D eigenvalue weighted by Crippen LogP contribution is -2.32. The topological polar surface area (TPSA) is 67.5 Å². The molecule has 2 amide bonds. The van der Waals surface area contributed by atoms with E-state index in [0.717, 1.165) is 23.2 Å². The fraction of sp³-hybridized carbons (Fsp3) is 0.241. The van der Waals surface area contributed by atoms with Crippen LogP contribution in [0.15, 0.2) is 83.4 Å². The van der Waals surface area contributed by atoms with Gasteiger partial charge in [0.15, 0.2) is 5.76 Å². The highest BCUT2D eigenvalue weighted by Gasteiger charge is 2.18. The van der Waals surface area contributed by atoms with Crippen molar-refractivity contribution < 1.29 is 18.4 Å². The average Bonchev–Trinajstić information content (AvgIpc) is 3.53. The molecule has 0 aliphatic rings. The first-order valence-corrected chi connectivity index (χ1v) is 12.0. The highest BCUT2D eigenvalue weighted by atomic mass is 19.1. The van der Waals surface area contributed by atoms with Gasteiger partial charge in [-0.25, -0.2) is 4.39 Å². The first-order chi connectivity index (χ1) is 17.4. The quantitative estimate of drug-likeness (QED) is 0.319. The van der Waals surface area contributed by atoms with E-state index in [0.29, 0.717) is 31.0 Å². The molecule has 7 heteroatoms. The Morgan fingerprint density at radius 1 is 1.00 bits per heavy atom. The van der Waals surface area contributed by atoms with E-state index in [1.165, 1.54) is 12.1 Å². The van der Waals surface area contributed by atoms with E-state index in [1.807, 2.05) is 59.0 Å². The molecular weight excluding hydrogens is 457 g/mol. The van der Waals surface area contributed by atoms with Gasteiger partial charge < -0.3 is 19.2 Å². The highest BCUT2D eigenvalue weighted by Crippen LogP contribution is 2.16. The number of nitrogens with one attached hydrogen (secondary N) is 1. The summed E-state index contributed by atoms with van der Waals surface area (Å²) in [5, 5.41) is 2.78. The van der Waals surface area contributed by atoms with Gasteiger partial charge >= 0.3 is 0 Å². The lowest BCUT2D eigenvalue weighted by atomic mass is 10.1. The highest BCUT2D eigenvalue weighted by molar-refractivity contribution is 5.94. The third-order valence-corrected chi connectivity index (χ3v) is 5.93. The van der Waals surface area contributed by atoms with Crippen molar-refractivity contribution >= 4 is 11.8 Å². The molecule has 0 atom stereocenters. The van der Waals surface area contributed by atoms with Crippen molar-refractivity contribution in [3.05, 3.63) is 119 Å². The summed E-state index contributed by atoms with van der Waals surface area (Å²) in [6.07, 6.45) is 2.79. The number of carbonyl (C=O) groups is 2. The fourth-order valence-corrected chi connectivity index (χ4v) is 3.97. The minimum Gasteiger partial charge on any atom is -0.454 e. The van der Waals surface area contributed by atoms with Crippen molar-refractivity contribution in [2.24, 2.45) is 0 Å². The molecule has 0 spiro atoms. The molecule has 2 heterocycles. The minimum absolute atomic E-state index is 0.00251. The summed E-state index contributed by atoms with van der Waals surface area (Å²) in [5.41, 5.74) is 3.56. The number of rotatable bonds is 10. The van der Waals surface area contributed by atoms with Gasteiger partial charge in [0.2, 0.25) is 0 Å². The zero-order valence-electron chi connectivity index (χ0n) is 20.5. The molecule has 36 heavy (non-hydrogen) atoms. The lowest BCUT2D eigenvalue weighted by Gasteiger charge is -2.23. The molecule has 0 saturated carbocycles. The fourth-order valence-electron chi connectivity index (χ4n) is 3.97. The number of carbonyl (C=O) groups excluding carboxylic acids is 2. The largest absolute Gasteiger partial charge is 0.454 e. The normalized spacial score (nSPS) is 10.9. The van der Waals surface area contributed by atoms with Crippen LogP contribution in [0.3, 0.4) is 0 Å². The van der Waals surface area contributed by atoms with Crippen molar-refractivity contribution in [2.75, 3.05) is 6.54 Å². The van der Waals surface area contributed by atoms with Crippen molar-refractivity contribution in [2.45, 2.75) is 39.9 Å². The Hall–Kier alpha value is -4.13. The Balaban J connectivity index is 1.39. The van der Waals surface area contributed by atoms with E-state index in [4.69, 9.17) is 4.42 Å². The zero-order chi connectivity index (χ0) is 25.5. The van der Waals surface area contributed by atoms with Crippen LogP contribution in [0.4, 0.5) is 4.39 Å². The van der Waals surface area contributed by atoms with Crippen molar-refractivity contribution in [1.82, 2.24) is 14.8 Å². The second kappa shape index (κ2) is 11.5. The van der Waals surface area contributed by atoms with E-state index in [9.17, 15) is 14.0 Å². The van der Waals surface area contributed by atoms with E-state index in [-0.39, 0.29) is 29.9 Å². The molecule has 0 aliphatic heterocycles. The minimum atomic E-state index is -0.337. The van der Waals surface area contributed by atoms with Crippen LogP contribution in [-0.2, 0) is 19.6 Å². The number of benzene rings is 2. The van der Waals surface area contributed by atoms with Gasteiger partial charge in [-0.15, -0.1) is 0 Å². The summed E-state index contributed by atoms with van der Waals surface area (Å²) in [5.74, 6) is 0.190. The van der Waals surface area contributed by atoms with Crippen molar-refractivity contribution in [3.8, 4) is 0 Å². The monoisotopic (exact) mass is 487 g/mol. The molecule has 186 valence electrons. The molecule has 2 aromatic heterocycles. The van der Waals surface area contributed by atoms with E-state index >= 15 is 0 Å². The van der Waals surface area contributed by atoms with Crippen LogP contribution in [0, 0.1) is 12.7 Å². The Morgan fingerprint density at radius 3 is 2.47 bits per heavy atom. The van der Waals surface area contributed by atoms with Crippen LogP contribution in [0.2, 0.25) is 0 Å². The predicted octanol–water partition coefficient (Wildman–Crippen LogP) is 5.56. The predicted molar refractivity (Wildman–Crippen MR) is 136 cm³/mol. The maximum atomic E-state index is 13.1. The standard InChI is InChI=1S/C29H30FN3O3/c1-3-16-33(29(35)23-10-6-21(2)7-11-23)19-25-5-4-17-32(25)20-26-14-15-27(36-26)28(34)31-18-22-8-12-24(30)13-9-22/h4-15,17H,3,16,18-20H2,1-2H3,(H,31,34). The summed E-state index contributed by atoms with van der Waals surface area (Å²) < 4.78 is 20.9. The van der Waals surface area contributed by atoms with Gasteiger partial charge in [-0.1, -0.05) is 36.8 Å². The lowest BCUT2D eigenvalue weighted by molar-refractivity contribution is 0.0739. The maximum absolute atomic E-state index is 13.1. The Morgan fingerprint density at radius 2 is 1.75 bits per heavy atom. The molecule has 4 aromatic rings. The van der Waals surface area contributed by atoms with Crippen LogP contribution in [0.25, 0.3) is 0 Å². The number of hydrogen-bond acceptors (Lipinski definition) is 3. The van der Waals surface area contributed by atoms with E-state index in [1.54, 1.807) is 24.3 Å². The molecular formula is C29H30FN3O3. The third kappa shape index (κ3) is 6.30. The number of hydrogen-bond donors (Lipinski definition) is 1. The van der Waals surface area contributed by atoms with Gasteiger partial charge in [0.05, 0.1) is 13.1 Å². The van der Waals surface area contributed by atoms with Gasteiger partial charge in [0.25, 0.3) is 11.8 Å². The summed E-state index contributed by atoms with van der Waals surface area (Å²) in [4.78, 5) is 27.5. The van der Waals surface area contributed by atoms with Crippen LogP contribution in [0.1, 0.15) is 56.8 Å². The van der Waals surface area contributed by atoms with Gasteiger partial charge in [-0.3, -0.25) is 9.59 Å². The van der Waals surface area contributed by atoms with E-state index < -0.39 is 0 Å². The van der Waals surface area contributed by atoms with Crippen LogP contribution < -0.4 is 5.32 Å². The SMILES string of the molecule is CCCN(Cc1cccn1Cc1ccc(C(=O)NCc2ccc(F)cc2)o1)C(=O)c1ccc(C)cc1. The molecule has 0 fully saturated rings. The number of aromatic nitrogens is 1. The molecule has 0 aliphatic carbocycles. The third-order valence-electron chi connectivity index (χ3n) is 5.93. The molecule has 0 unspecified atom stereocenters. The Labute approximate surface area is 210 Å². The molecule has 0 bridgehead atoms. The smallest absolute Gasteiger partial charge is 0.287 e. The molecule has 1 N–H and O–H groups in total. The van der Waals surface area contributed by atoms with Gasteiger partial charge in [-0.05, 0) is 67.4 Å². The summed E-state index contributed by atoms with van der Waals surface area (Å²) in [6.45, 7) is 5.89. The summed E-state index contributed by atoms with van der Waals surface area (Å²) in [6, 6.07) is 20.9. The molecule has 0 radical (unpaired) electrons. The van der Waals surface area contributed by atoms with E-state index in [2.05, 4.69) is 12.2 Å². The number of nitrogens with zero attached hydrogens (tertiary/aromatic N) is 2. The van der Waals surface area contributed by atoms with Gasteiger partial charge in [0, 0.05) is 30.5 Å². The number of aryl methyl sites for hydroxylation is 1. The second-order valence-corrected chi connectivity index (χ2v) is 8.80. The summed E-state index contributed by atoms with van der Waals surface area (Å²) >= 11 is 0. The number of furan rings is 1. The Kier molecular flexibility index (Phi) is 8.00. The second-order valence-electron chi connectivity index (χ2n) is 8.80. The summed E-state index contributed by atoms with van der Waals surface area (Å²) in [7, 11) is 0. The van der Waals surface area contributed by atoms with Gasteiger partial charge in [-0.2, -0.15) is 0 Å². The van der Waals surface area contributed by atoms with Gasteiger partial charge in [0.1, 0.15) is 11.6 Å².